The highest BCUT2D eigenvalue weighted by molar-refractivity contribution is 7.07. The number of esters is 1. The first-order chi connectivity index (χ1) is 19.4. The van der Waals surface area contributed by atoms with Gasteiger partial charge in [0.05, 0.1) is 35.0 Å². The zero-order valence-electron chi connectivity index (χ0n) is 22.5. The van der Waals surface area contributed by atoms with Gasteiger partial charge < -0.3 is 9.30 Å². The van der Waals surface area contributed by atoms with Crippen LogP contribution < -0.4 is 14.9 Å². The van der Waals surface area contributed by atoms with Crippen LogP contribution in [0.15, 0.2) is 87.8 Å². The predicted molar refractivity (Wildman–Crippen MR) is 160 cm³/mol. The van der Waals surface area contributed by atoms with E-state index in [0.717, 1.165) is 38.5 Å². The van der Waals surface area contributed by atoms with E-state index in [0.29, 0.717) is 27.1 Å². The van der Waals surface area contributed by atoms with Crippen molar-refractivity contribution in [2.75, 3.05) is 6.61 Å². The van der Waals surface area contributed by atoms with Crippen LogP contribution in [0.5, 0.6) is 0 Å². The number of fused-ring (bicyclic) bond motifs is 3. The molecule has 2 aromatic heterocycles. The number of benzene rings is 3. The van der Waals surface area contributed by atoms with Crippen LogP contribution in [0.1, 0.15) is 36.7 Å². The Labute approximate surface area is 235 Å². The van der Waals surface area contributed by atoms with Crippen LogP contribution in [-0.2, 0) is 16.1 Å². The maximum atomic E-state index is 14.2. The summed E-state index contributed by atoms with van der Waals surface area (Å²) < 4.78 is 9.73. The van der Waals surface area contributed by atoms with E-state index in [1.807, 2.05) is 79.7 Å². The van der Waals surface area contributed by atoms with Crippen LogP contribution in [0, 0.1) is 19.3 Å². The molecule has 1 unspecified atom stereocenters. The van der Waals surface area contributed by atoms with Crippen LogP contribution in [0.4, 0.5) is 0 Å². The lowest BCUT2D eigenvalue weighted by Gasteiger charge is -2.25. The quantitative estimate of drug-likeness (QED) is 0.234. The molecule has 7 heteroatoms. The molecule has 0 saturated carbocycles. The summed E-state index contributed by atoms with van der Waals surface area (Å²) in [5.41, 5.74) is 4.52. The van der Waals surface area contributed by atoms with Crippen LogP contribution in [0.2, 0.25) is 0 Å². The number of carbonyl (C=O) groups excluding carboxylic acids is 1. The van der Waals surface area contributed by atoms with Crippen molar-refractivity contribution in [2.24, 2.45) is 4.99 Å². The Morgan fingerprint density at radius 3 is 2.58 bits per heavy atom. The highest BCUT2D eigenvalue weighted by Crippen LogP contribution is 2.35. The van der Waals surface area contributed by atoms with E-state index in [1.165, 1.54) is 11.3 Å². The van der Waals surface area contributed by atoms with Gasteiger partial charge in [-0.15, -0.1) is 6.42 Å². The molecule has 0 N–H and O–H groups in total. The van der Waals surface area contributed by atoms with Gasteiger partial charge in [0.1, 0.15) is 0 Å². The molecule has 1 atom stereocenters. The molecule has 0 bridgehead atoms. The van der Waals surface area contributed by atoms with Gasteiger partial charge in [0, 0.05) is 22.2 Å². The lowest BCUT2D eigenvalue weighted by Crippen LogP contribution is -2.40. The lowest BCUT2D eigenvalue weighted by molar-refractivity contribution is -0.139. The van der Waals surface area contributed by atoms with Gasteiger partial charge in [-0.05, 0) is 49.2 Å². The molecule has 0 aliphatic carbocycles. The van der Waals surface area contributed by atoms with E-state index >= 15 is 0 Å². The molecule has 0 fully saturated rings. The van der Waals surface area contributed by atoms with Crippen molar-refractivity contribution < 1.29 is 9.53 Å². The van der Waals surface area contributed by atoms with E-state index in [4.69, 9.17) is 16.2 Å². The molecule has 6 rings (SSSR count). The molecule has 0 amide bonds. The summed E-state index contributed by atoms with van der Waals surface area (Å²) >= 11 is 1.32. The Bertz CT molecular complexity index is 2080. The first-order valence-electron chi connectivity index (χ1n) is 13.1. The number of nitrogens with zero attached hydrogens (tertiary/aromatic N) is 3. The maximum absolute atomic E-state index is 14.2. The minimum absolute atomic E-state index is 0.204. The van der Waals surface area contributed by atoms with E-state index in [9.17, 15) is 9.59 Å². The number of carbonyl (C=O) groups is 1. The minimum Gasteiger partial charge on any atom is -0.463 e. The second-order valence-electron chi connectivity index (χ2n) is 9.68. The van der Waals surface area contributed by atoms with Gasteiger partial charge in [-0.2, -0.15) is 0 Å². The van der Waals surface area contributed by atoms with Crippen molar-refractivity contribution in [3.05, 3.63) is 115 Å². The molecule has 0 spiro atoms. The molecule has 6 nitrogen and oxygen atoms in total. The third-order valence-corrected chi connectivity index (χ3v) is 8.42. The van der Waals surface area contributed by atoms with Crippen molar-refractivity contribution in [1.82, 2.24) is 9.13 Å². The average molecular weight is 546 g/mol. The number of para-hydroxylation sites is 1. The largest absolute Gasteiger partial charge is 0.463 e. The molecule has 40 heavy (non-hydrogen) atoms. The maximum Gasteiger partial charge on any atom is 0.338 e. The van der Waals surface area contributed by atoms with Gasteiger partial charge >= 0.3 is 5.97 Å². The summed E-state index contributed by atoms with van der Waals surface area (Å²) in [5.74, 6) is 2.27. The van der Waals surface area contributed by atoms with Crippen molar-refractivity contribution in [1.29, 1.82) is 0 Å². The normalized spacial score (nSPS) is 15.2. The van der Waals surface area contributed by atoms with Gasteiger partial charge in [-0.1, -0.05) is 77.9 Å². The summed E-state index contributed by atoms with van der Waals surface area (Å²) in [6.07, 6.45) is 7.60. The Balaban J connectivity index is 1.64. The van der Waals surface area contributed by atoms with E-state index in [1.54, 1.807) is 18.4 Å². The molecule has 0 saturated heterocycles. The number of terminal acetylenes is 1. The summed E-state index contributed by atoms with van der Waals surface area (Å²) in [4.78, 5) is 32.8. The Morgan fingerprint density at radius 1 is 1.07 bits per heavy atom. The molecular formula is C33H27N3O3S. The molecular weight excluding hydrogens is 518 g/mol. The summed E-state index contributed by atoms with van der Waals surface area (Å²) in [6, 6.07) is 21.3. The number of hydrogen-bond donors (Lipinski definition) is 0. The van der Waals surface area contributed by atoms with Gasteiger partial charge in [0.15, 0.2) is 4.80 Å². The number of ether oxygens (including phenoxy) is 1. The zero-order chi connectivity index (χ0) is 28.0. The SMILES string of the molecule is C#CCn1c(C)c(/C=c2/sc3n(c2=O)C(c2cccc4ccccc24)C(C(=O)OCC)=C(C)N=3)c2ccccc21. The van der Waals surface area contributed by atoms with Crippen LogP contribution in [0.3, 0.4) is 0 Å². The monoisotopic (exact) mass is 545 g/mol. The van der Waals surface area contributed by atoms with Crippen LogP contribution in [0.25, 0.3) is 27.8 Å². The number of hydrogen-bond acceptors (Lipinski definition) is 5. The highest BCUT2D eigenvalue weighted by Gasteiger charge is 2.34. The van der Waals surface area contributed by atoms with Crippen LogP contribution >= 0.6 is 11.3 Å². The van der Waals surface area contributed by atoms with Crippen LogP contribution in [-0.4, -0.2) is 21.7 Å². The van der Waals surface area contributed by atoms with Crippen molar-refractivity contribution in [2.45, 2.75) is 33.4 Å². The number of thiazole rings is 1. The molecule has 3 heterocycles. The van der Waals surface area contributed by atoms with Crippen molar-refractivity contribution in [3.63, 3.8) is 0 Å². The zero-order valence-corrected chi connectivity index (χ0v) is 23.3. The van der Waals surface area contributed by atoms with Crippen molar-refractivity contribution in [3.8, 4) is 12.3 Å². The molecule has 0 radical (unpaired) electrons. The molecule has 3 aromatic carbocycles. The summed E-state index contributed by atoms with van der Waals surface area (Å²) in [6.45, 7) is 6.25. The minimum atomic E-state index is -0.674. The highest BCUT2D eigenvalue weighted by atomic mass is 32.1. The van der Waals surface area contributed by atoms with E-state index in [-0.39, 0.29) is 12.2 Å². The second kappa shape index (κ2) is 10.1. The topological polar surface area (TPSA) is 65.6 Å². The predicted octanol–water partition coefficient (Wildman–Crippen LogP) is 4.85. The fourth-order valence-corrected chi connectivity index (χ4v) is 6.67. The molecule has 198 valence electrons. The van der Waals surface area contributed by atoms with Gasteiger partial charge in [-0.3, -0.25) is 9.36 Å². The van der Waals surface area contributed by atoms with Crippen molar-refractivity contribution >= 4 is 45.1 Å². The van der Waals surface area contributed by atoms with Gasteiger partial charge in [-0.25, -0.2) is 9.79 Å². The van der Waals surface area contributed by atoms with Gasteiger partial charge in [0.2, 0.25) is 0 Å². The fraction of sp³-hybridized carbons (Fsp3) is 0.182. The average Bonchev–Trinajstić information content (AvgIpc) is 3.41. The Hall–Kier alpha value is -4.67. The number of allylic oxidation sites excluding steroid dienone is 1. The Morgan fingerprint density at radius 2 is 1.80 bits per heavy atom. The van der Waals surface area contributed by atoms with E-state index < -0.39 is 12.0 Å². The third-order valence-electron chi connectivity index (χ3n) is 7.44. The Kier molecular flexibility index (Phi) is 6.49. The molecule has 1 aliphatic heterocycles. The number of rotatable bonds is 5. The third kappa shape index (κ3) is 4.00. The number of aromatic nitrogens is 2. The summed E-state index contributed by atoms with van der Waals surface area (Å²) in [5, 5.41) is 3.02. The van der Waals surface area contributed by atoms with Gasteiger partial charge in [0.25, 0.3) is 5.56 Å². The first-order valence-corrected chi connectivity index (χ1v) is 13.9. The molecule has 5 aromatic rings. The smallest absolute Gasteiger partial charge is 0.338 e. The fourth-order valence-electron chi connectivity index (χ4n) is 5.64. The standard InChI is InChI=1S/C33H27N3O3S/c1-5-18-35-21(4)26(24-15-9-10-17-27(24)35)19-28-31(37)36-30(25-16-11-13-22-12-7-8-14-23(22)25)29(32(38)39-6-2)20(3)34-33(36)40-28/h1,7-17,19,30H,6,18H2,2-4H3/b28-19+. The van der Waals surface area contributed by atoms with E-state index in [2.05, 4.69) is 10.5 Å². The first kappa shape index (κ1) is 25.6. The summed E-state index contributed by atoms with van der Waals surface area (Å²) in [7, 11) is 0. The molecule has 1 aliphatic rings. The lowest BCUT2D eigenvalue weighted by atomic mass is 9.91. The second-order valence-corrected chi connectivity index (χ2v) is 10.7.